The summed E-state index contributed by atoms with van der Waals surface area (Å²) < 4.78 is 1.15. The van der Waals surface area contributed by atoms with Gasteiger partial charge in [-0.25, -0.2) is 4.98 Å². The van der Waals surface area contributed by atoms with Gasteiger partial charge in [-0.1, -0.05) is 35.0 Å². The van der Waals surface area contributed by atoms with Crippen LogP contribution in [-0.4, -0.2) is 11.5 Å². The third-order valence-corrected chi connectivity index (χ3v) is 5.22. The summed E-state index contributed by atoms with van der Waals surface area (Å²) in [6.45, 7) is 9.36. The van der Waals surface area contributed by atoms with Crippen LogP contribution >= 0.6 is 27.3 Å². The molecule has 0 aliphatic heterocycles. The van der Waals surface area contributed by atoms with Crippen LogP contribution in [0.5, 0.6) is 0 Å². The largest absolute Gasteiger partial charge is 0.305 e. The Labute approximate surface area is 127 Å². The van der Waals surface area contributed by atoms with Gasteiger partial charge < -0.3 is 5.32 Å². The Balaban J connectivity index is 2.41. The van der Waals surface area contributed by atoms with Crippen LogP contribution in [-0.2, 0) is 0 Å². The Hall–Kier alpha value is -0.710. The fraction of sp³-hybridized carbons (Fsp3) is 0.400. The molecular weight excluding hydrogens is 320 g/mol. The molecule has 0 radical (unpaired) electrons. The van der Waals surface area contributed by atoms with Gasteiger partial charge >= 0.3 is 0 Å². The normalized spacial score (nSPS) is 12.7. The molecule has 2 nitrogen and oxygen atoms in total. The number of hydrogen-bond donors (Lipinski definition) is 1. The van der Waals surface area contributed by atoms with Gasteiger partial charge in [0.1, 0.15) is 5.01 Å². The molecule has 2 rings (SSSR count). The lowest BCUT2D eigenvalue weighted by atomic mass is 10.1. The van der Waals surface area contributed by atoms with Gasteiger partial charge in [0.2, 0.25) is 0 Å². The first-order valence-electron chi connectivity index (χ1n) is 6.46. The lowest BCUT2D eigenvalue weighted by molar-refractivity contribution is 0.625. The first kappa shape index (κ1) is 14.7. The number of benzene rings is 1. The average Bonchev–Trinajstić information content (AvgIpc) is 2.70. The van der Waals surface area contributed by atoms with Crippen molar-refractivity contribution >= 4 is 27.3 Å². The van der Waals surface area contributed by atoms with Crippen molar-refractivity contribution in [2.75, 3.05) is 6.54 Å². The molecule has 1 heterocycles. The van der Waals surface area contributed by atoms with Crippen LogP contribution in [0.2, 0.25) is 0 Å². The van der Waals surface area contributed by atoms with E-state index in [0.717, 1.165) is 21.7 Å². The van der Waals surface area contributed by atoms with Crippen LogP contribution in [0.3, 0.4) is 0 Å². The molecule has 4 heteroatoms. The Bertz CT molecular complexity index is 558. The van der Waals surface area contributed by atoms with Crippen molar-refractivity contribution in [1.82, 2.24) is 10.3 Å². The van der Waals surface area contributed by atoms with E-state index in [1.165, 1.54) is 16.0 Å². The molecule has 0 saturated heterocycles. The zero-order valence-corrected chi connectivity index (χ0v) is 14.2. The summed E-state index contributed by atoms with van der Waals surface area (Å²) in [4.78, 5) is 5.99. The molecule has 0 spiro atoms. The molecule has 0 fully saturated rings. The number of rotatable bonds is 4. The van der Waals surface area contributed by atoms with Crippen molar-refractivity contribution in [3.8, 4) is 0 Å². The fourth-order valence-electron chi connectivity index (χ4n) is 1.96. The minimum Gasteiger partial charge on any atom is -0.305 e. The highest BCUT2D eigenvalue weighted by Gasteiger charge is 2.18. The van der Waals surface area contributed by atoms with E-state index in [0.29, 0.717) is 0 Å². The summed E-state index contributed by atoms with van der Waals surface area (Å²) in [5, 5.41) is 4.68. The highest BCUT2D eigenvalue weighted by molar-refractivity contribution is 9.10. The van der Waals surface area contributed by atoms with E-state index < -0.39 is 0 Å². The number of thiazole rings is 1. The number of halogens is 1. The minimum atomic E-state index is 0.180. The van der Waals surface area contributed by atoms with E-state index in [2.05, 4.69) is 67.1 Å². The summed E-state index contributed by atoms with van der Waals surface area (Å²) in [5.41, 5.74) is 3.65. The highest BCUT2D eigenvalue weighted by atomic mass is 79.9. The molecule has 19 heavy (non-hydrogen) atoms. The van der Waals surface area contributed by atoms with Gasteiger partial charge in [-0.05, 0) is 44.5 Å². The van der Waals surface area contributed by atoms with Crippen LogP contribution in [0.4, 0.5) is 0 Å². The maximum absolute atomic E-state index is 4.70. The second-order valence-corrected chi connectivity index (χ2v) is 6.78. The van der Waals surface area contributed by atoms with E-state index in [1.54, 1.807) is 11.3 Å². The molecule has 2 aromatic rings. The minimum absolute atomic E-state index is 0.180. The number of nitrogens with zero attached hydrogens (tertiary/aromatic N) is 1. The first-order valence-corrected chi connectivity index (χ1v) is 8.07. The van der Waals surface area contributed by atoms with Gasteiger partial charge in [0.25, 0.3) is 0 Å². The summed E-state index contributed by atoms with van der Waals surface area (Å²) in [5.74, 6) is 0. The lowest BCUT2D eigenvalue weighted by Gasteiger charge is -2.16. The smallest absolute Gasteiger partial charge is 0.115 e. The van der Waals surface area contributed by atoms with Crippen LogP contribution in [0.1, 0.15) is 39.7 Å². The van der Waals surface area contributed by atoms with E-state index in [9.17, 15) is 0 Å². The van der Waals surface area contributed by atoms with Gasteiger partial charge in [-0.3, -0.25) is 0 Å². The second-order valence-electron chi connectivity index (χ2n) is 4.69. The van der Waals surface area contributed by atoms with Crippen LogP contribution < -0.4 is 5.32 Å². The molecule has 1 aromatic carbocycles. The van der Waals surface area contributed by atoms with Crippen molar-refractivity contribution in [2.45, 2.75) is 33.7 Å². The quantitative estimate of drug-likeness (QED) is 0.885. The number of aromatic nitrogens is 1. The maximum Gasteiger partial charge on any atom is 0.115 e. The predicted octanol–water partition coefficient (Wildman–Crippen LogP) is 4.53. The number of aryl methyl sites for hydroxylation is 3. The molecule has 1 N–H and O–H groups in total. The fourth-order valence-corrected chi connectivity index (χ4v) is 3.38. The van der Waals surface area contributed by atoms with Crippen LogP contribution in [0, 0.1) is 20.8 Å². The van der Waals surface area contributed by atoms with Crippen molar-refractivity contribution in [3.05, 3.63) is 49.4 Å². The zero-order valence-electron chi connectivity index (χ0n) is 11.7. The lowest BCUT2D eigenvalue weighted by Crippen LogP contribution is -2.21. The average molecular weight is 339 g/mol. The Kier molecular flexibility index (Phi) is 4.76. The Morgan fingerprint density at radius 2 is 2.05 bits per heavy atom. The standard InChI is InChI=1S/C15H19BrN2S/c1-5-17-14(15-18-10(3)11(4)19-15)12-7-6-9(2)13(16)8-12/h6-8,14,17H,5H2,1-4H3. The van der Waals surface area contributed by atoms with E-state index in [-0.39, 0.29) is 6.04 Å². The van der Waals surface area contributed by atoms with Crippen molar-refractivity contribution < 1.29 is 0 Å². The van der Waals surface area contributed by atoms with Crippen molar-refractivity contribution in [3.63, 3.8) is 0 Å². The Morgan fingerprint density at radius 3 is 2.58 bits per heavy atom. The topological polar surface area (TPSA) is 24.9 Å². The summed E-state index contributed by atoms with van der Waals surface area (Å²) in [7, 11) is 0. The molecule has 0 saturated carbocycles. The van der Waals surface area contributed by atoms with E-state index in [4.69, 9.17) is 4.98 Å². The van der Waals surface area contributed by atoms with Gasteiger partial charge in [0.15, 0.2) is 0 Å². The van der Waals surface area contributed by atoms with Crippen molar-refractivity contribution in [2.24, 2.45) is 0 Å². The molecule has 1 aromatic heterocycles. The molecular formula is C15H19BrN2S. The number of nitrogens with one attached hydrogen (secondary N) is 1. The highest BCUT2D eigenvalue weighted by Crippen LogP contribution is 2.30. The summed E-state index contributed by atoms with van der Waals surface area (Å²) in [6, 6.07) is 6.70. The van der Waals surface area contributed by atoms with Gasteiger partial charge in [-0.2, -0.15) is 0 Å². The molecule has 0 aliphatic carbocycles. The van der Waals surface area contributed by atoms with Crippen molar-refractivity contribution in [1.29, 1.82) is 0 Å². The SMILES string of the molecule is CCNC(c1ccc(C)c(Br)c1)c1nc(C)c(C)s1. The maximum atomic E-state index is 4.70. The van der Waals surface area contributed by atoms with Gasteiger partial charge in [0.05, 0.1) is 11.7 Å². The molecule has 0 aliphatic rings. The number of hydrogen-bond acceptors (Lipinski definition) is 3. The van der Waals surface area contributed by atoms with E-state index in [1.807, 2.05) is 0 Å². The Morgan fingerprint density at radius 1 is 1.32 bits per heavy atom. The molecule has 0 bridgehead atoms. The third kappa shape index (κ3) is 3.25. The molecule has 1 unspecified atom stereocenters. The predicted molar refractivity (Wildman–Crippen MR) is 86.0 cm³/mol. The molecule has 1 atom stereocenters. The monoisotopic (exact) mass is 338 g/mol. The summed E-state index contributed by atoms with van der Waals surface area (Å²) >= 11 is 5.39. The zero-order chi connectivity index (χ0) is 14.0. The van der Waals surface area contributed by atoms with Crippen LogP contribution in [0.15, 0.2) is 22.7 Å². The molecule has 102 valence electrons. The third-order valence-electron chi connectivity index (χ3n) is 3.23. The second kappa shape index (κ2) is 6.16. The van der Waals surface area contributed by atoms with Gasteiger partial charge in [-0.15, -0.1) is 11.3 Å². The van der Waals surface area contributed by atoms with E-state index >= 15 is 0 Å². The first-order chi connectivity index (χ1) is 9.02. The van der Waals surface area contributed by atoms with Gasteiger partial charge in [0, 0.05) is 9.35 Å². The summed E-state index contributed by atoms with van der Waals surface area (Å²) in [6.07, 6.45) is 0. The van der Waals surface area contributed by atoms with Crippen LogP contribution in [0.25, 0.3) is 0 Å². The molecule has 0 amide bonds.